The lowest BCUT2D eigenvalue weighted by Gasteiger charge is -2.14. The Hall–Kier alpha value is -1.68. The molecule has 1 atom stereocenters. The maximum atomic E-state index is 5.75. The van der Waals surface area contributed by atoms with Crippen LogP contribution in [0.3, 0.4) is 0 Å². The quantitative estimate of drug-likeness (QED) is 0.772. The largest absolute Gasteiger partial charge is 0.497 e. The summed E-state index contributed by atoms with van der Waals surface area (Å²) in [6.07, 6.45) is 0.914. The summed E-state index contributed by atoms with van der Waals surface area (Å²) in [6.45, 7) is 1.41. The van der Waals surface area contributed by atoms with Gasteiger partial charge in [0.2, 0.25) is 0 Å². The number of methoxy groups -OCH3 is 1. The van der Waals surface area contributed by atoms with Crippen molar-refractivity contribution in [3.05, 3.63) is 53.6 Å². The summed E-state index contributed by atoms with van der Waals surface area (Å²) >= 11 is 3.75. The maximum Gasteiger partial charge on any atom is 0.161 e. The molecule has 4 heteroatoms. The molecule has 1 aliphatic heterocycles. The Bertz CT molecular complexity index is 627. The monoisotopic (exact) mass is 348 g/mol. The molecule has 0 radical (unpaired) electrons. The van der Waals surface area contributed by atoms with Crippen LogP contribution in [0, 0.1) is 0 Å². The van der Waals surface area contributed by atoms with Gasteiger partial charge in [-0.25, -0.2) is 0 Å². The number of benzene rings is 2. The number of hydrogen-bond acceptors (Lipinski definition) is 3. The van der Waals surface area contributed by atoms with E-state index >= 15 is 0 Å². The molecule has 0 aliphatic carbocycles. The Labute approximate surface area is 133 Å². The van der Waals surface area contributed by atoms with E-state index in [-0.39, 0.29) is 4.83 Å². The highest BCUT2D eigenvalue weighted by Gasteiger charge is 2.16. The smallest absolute Gasteiger partial charge is 0.161 e. The van der Waals surface area contributed by atoms with Gasteiger partial charge in [0.15, 0.2) is 11.5 Å². The summed E-state index contributed by atoms with van der Waals surface area (Å²) < 4.78 is 16.7. The molecule has 0 spiro atoms. The molecule has 0 bridgehead atoms. The van der Waals surface area contributed by atoms with Gasteiger partial charge in [-0.2, -0.15) is 0 Å². The third-order valence-electron chi connectivity index (χ3n) is 3.45. The number of halogens is 1. The number of ether oxygens (including phenoxy) is 3. The van der Waals surface area contributed by atoms with Crippen LogP contribution in [0.25, 0.3) is 0 Å². The minimum atomic E-state index is 0.0877. The Morgan fingerprint density at radius 1 is 1.00 bits per heavy atom. The zero-order chi connectivity index (χ0) is 14.7. The molecule has 110 valence electrons. The molecule has 3 nitrogen and oxygen atoms in total. The molecular formula is C17H17BrO3. The molecule has 1 heterocycles. The van der Waals surface area contributed by atoms with Crippen molar-refractivity contribution < 1.29 is 14.2 Å². The summed E-state index contributed by atoms with van der Waals surface area (Å²) in [7, 11) is 1.68. The van der Waals surface area contributed by atoms with Gasteiger partial charge < -0.3 is 14.2 Å². The summed E-state index contributed by atoms with van der Waals surface area (Å²) in [5, 5.41) is 0. The number of hydrogen-bond donors (Lipinski definition) is 0. The standard InChI is InChI=1S/C17H17BrO3/c1-19-14-5-2-4-12(10-14)17(18)13-6-7-15-16(11-13)21-9-3-8-20-15/h2,4-7,10-11,17H,3,8-9H2,1H3. The van der Waals surface area contributed by atoms with Gasteiger partial charge >= 0.3 is 0 Å². The molecule has 21 heavy (non-hydrogen) atoms. The Kier molecular flexibility index (Phi) is 4.34. The van der Waals surface area contributed by atoms with Gasteiger partial charge in [-0.3, -0.25) is 0 Å². The van der Waals surface area contributed by atoms with E-state index in [1.807, 2.05) is 30.3 Å². The zero-order valence-corrected chi connectivity index (χ0v) is 13.4. The summed E-state index contributed by atoms with van der Waals surface area (Å²) in [5.74, 6) is 2.49. The predicted molar refractivity (Wildman–Crippen MR) is 85.8 cm³/mol. The van der Waals surface area contributed by atoms with Gasteiger partial charge in [-0.15, -0.1) is 0 Å². The van der Waals surface area contributed by atoms with E-state index in [4.69, 9.17) is 14.2 Å². The third kappa shape index (κ3) is 3.16. The minimum Gasteiger partial charge on any atom is -0.497 e. The van der Waals surface area contributed by atoms with Gasteiger partial charge in [-0.05, 0) is 35.4 Å². The molecule has 1 unspecified atom stereocenters. The molecule has 1 aliphatic rings. The van der Waals surface area contributed by atoms with Crippen LogP contribution < -0.4 is 14.2 Å². The van der Waals surface area contributed by atoms with Crippen LogP contribution in [-0.4, -0.2) is 20.3 Å². The first-order valence-corrected chi connectivity index (χ1v) is 7.87. The van der Waals surface area contributed by atoms with Crippen LogP contribution in [0.5, 0.6) is 17.2 Å². The van der Waals surface area contributed by atoms with Gasteiger partial charge in [0.1, 0.15) is 5.75 Å². The van der Waals surface area contributed by atoms with Crippen molar-refractivity contribution in [1.29, 1.82) is 0 Å². The van der Waals surface area contributed by atoms with Gasteiger partial charge in [0.05, 0.1) is 25.2 Å². The van der Waals surface area contributed by atoms with Gasteiger partial charge in [0, 0.05) is 6.42 Å². The van der Waals surface area contributed by atoms with Crippen LogP contribution in [-0.2, 0) is 0 Å². The van der Waals surface area contributed by atoms with Crippen molar-refractivity contribution >= 4 is 15.9 Å². The highest BCUT2D eigenvalue weighted by molar-refractivity contribution is 9.09. The molecule has 0 amide bonds. The molecule has 0 N–H and O–H groups in total. The van der Waals surface area contributed by atoms with E-state index in [2.05, 4.69) is 28.1 Å². The number of fused-ring (bicyclic) bond motifs is 1. The van der Waals surface area contributed by atoms with Crippen molar-refractivity contribution in [2.24, 2.45) is 0 Å². The van der Waals surface area contributed by atoms with Crippen molar-refractivity contribution in [2.75, 3.05) is 20.3 Å². The van der Waals surface area contributed by atoms with E-state index in [1.165, 1.54) is 0 Å². The molecule has 0 fully saturated rings. The van der Waals surface area contributed by atoms with Crippen LogP contribution in [0.2, 0.25) is 0 Å². The fourth-order valence-electron chi connectivity index (χ4n) is 2.33. The predicted octanol–water partition coefficient (Wildman–Crippen LogP) is 4.34. The third-order valence-corrected chi connectivity index (χ3v) is 4.51. The second-order valence-electron chi connectivity index (χ2n) is 4.90. The van der Waals surface area contributed by atoms with Crippen LogP contribution >= 0.6 is 15.9 Å². The molecular weight excluding hydrogens is 332 g/mol. The van der Waals surface area contributed by atoms with Gasteiger partial charge in [-0.1, -0.05) is 34.1 Å². The lowest BCUT2D eigenvalue weighted by molar-refractivity contribution is 0.297. The first-order valence-electron chi connectivity index (χ1n) is 6.95. The normalized spacial score (nSPS) is 15.1. The molecule has 0 saturated heterocycles. The van der Waals surface area contributed by atoms with E-state index < -0.39 is 0 Å². The van der Waals surface area contributed by atoms with Crippen molar-refractivity contribution in [3.63, 3.8) is 0 Å². The van der Waals surface area contributed by atoms with Crippen LogP contribution in [0.1, 0.15) is 22.4 Å². The first kappa shape index (κ1) is 14.3. The Morgan fingerprint density at radius 2 is 1.76 bits per heavy atom. The Balaban J connectivity index is 1.90. The molecule has 2 aromatic carbocycles. The van der Waals surface area contributed by atoms with Crippen molar-refractivity contribution in [2.45, 2.75) is 11.2 Å². The van der Waals surface area contributed by atoms with E-state index in [0.29, 0.717) is 13.2 Å². The SMILES string of the molecule is COc1cccc(C(Br)c2ccc3c(c2)OCCCO3)c1. The lowest BCUT2D eigenvalue weighted by Crippen LogP contribution is -1.97. The molecule has 0 aromatic heterocycles. The minimum absolute atomic E-state index is 0.0877. The second-order valence-corrected chi connectivity index (χ2v) is 5.81. The van der Waals surface area contributed by atoms with E-state index in [0.717, 1.165) is 34.8 Å². The second kappa shape index (κ2) is 6.39. The average molecular weight is 349 g/mol. The Morgan fingerprint density at radius 3 is 2.57 bits per heavy atom. The average Bonchev–Trinajstić information content (AvgIpc) is 2.78. The molecule has 0 saturated carbocycles. The lowest BCUT2D eigenvalue weighted by atomic mass is 10.0. The zero-order valence-electron chi connectivity index (χ0n) is 11.8. The van der Waals surface area contributed by atoms with Crippen molar-refractivity contribution in [3.8, 4) is 17.2 Å². The highest BCUT2D eigenvalue weighted by atomic mass is 79.9. The summed E-state index contributed by atoms with van der Waals surface area (Å²) in [6, 6.07) is 14.1. The summed E-state index contributed by atoms with van der Waals surface area (Å²) in [4.78, 5) is 0.0877. The van der Waals surface area contributed by atoms with Gasteiger partial charge in [0.25, 0.3) is 0 Å². The fourth-order valence-corrected chi connectivity index (χ4v) is 2.90. The van der Waals surface area contributed by atoms with E-state index in [1.54, 1.807) is 7.11 Å². The van der Waals surface area contributed by atoms with Crippen LogP contribution in [0.15, 0.2) is 42.5 Å². The first-order chi connectivity index (χ1) is 10.3. The van der Waals surface area contributed by atoms with Crippen molar-refractivity contribution in [1.82, 2.24) is 0 Å². The van der Waals surface area contributed by atoms with Crippen LogP contribution in [0.4, 0.5) is 0 Å². The van der Waals surface area contributed by atoms with E-state index in [9.17, 15) is 0 Å². The number of alkyl halides is 1. The molecule has 2 aromatic rings. The highest BCUT2D eigenvalue weighted by Crippen LogP contribution is 2.38. The number of rotatable bonds is 3. The maximum absolute atomic E-state index is 5.75. The topological polar surface area (TPSA) is 27.7 Å². The fraction of sp³-hybridized carbons (Fsp3) is 0.294. The molecule has 3 rings (SSSR count). The summed E-state index contributed by atoms with van der Waals surface area (Å²) in [5.41, 5.74) is 2.27.